The number of imide groups is 1. The van der Waals surface area contributed by atoms with Gasteiger partial charge in [-0.2, -0.15) is 0 Å². The van der Waals surface area contributed by atoms with Crippen molar-refractivity contribution in [2.24, 2.45) is 5.73 Å². The number of thiophene rings is 1. The highest BCUT2D eigenvalue weighted by Gasteiger charge is 2.40. The lowest BCUT2D eigenvalue weighted by atomic mass is 10.0. The van der Waals surface area contributed by atoms with E-state index in [1.807, 2.05) is 13.8 Å². The maximum absolute atomic E-state index is 14.3. The van der Waals surface area contributed by atoms with E-state index < -0.39 is 30.3 Å². The second-order valence-corrected chi connectivity index (χ2v) is 8.33. The molecule has 34 heavy (non-hydrogen) atoms. The van der Waals surface area contributed by atoms with Crippen molar-refractivity contribution in [1.82, 2.24) is 4.90 Å². The Bertz CT molecular complexity index is 1160. The van der Waals surface area contributed by atoms with Crippen LogP contribution in [0.3, 0.4) is 0 Å². The highest BCUT2D eigenvalue weighted by Crippen LogP contribution is 2.43. The largest absolute Gasteiger partial charge is 0.422 e. The first-order valence-corrected chi connectivity index (χ1v) is 11.4. The molecule has 9 nitrogen and oxygen atoms in total. The van der Waals surface area contributed by atoms with Crippen LogP contribution in [0.2, 0.25) is 5.02 Å². The number of likely N-dealkylation sites (N-methyl/N-ethyl adjacent to an activating group) is 1. The monoisotopic (exact) mass is 509 g/mol. The van der Waals surface area contributed by atoms with Gasteiger partial charge in [-0.3, -0.25) is 9.59 Å². The molecular formula is C22H21ClFN3O6S. The third kappa shape index (κ3) is 5.11. The smallest absolute Gasteiger partial charge is 0.337 e. The first-order valence-electron chi connectivity index (χ1n) is 10.2. The minimum Gasteiger partial charge on any atom is -0.422 e. The average molecular weight is 510 g/mol. The summed E-state index contributed by atoms with van der Waals surface area (Å²) in [5, 5.41) is 1.36. The van der Waals surface area contributed by atoms with Crippen LogP contribution < -0.4 is 10.6 Å². The van der Waals surface area contributed by atoms with E-state index >= 15 is 0 Å². The van der Waals surface area contributed by atoms with Gasteiger partial charge in [0.1, 0.15) is 19.0 Å². The number of rotatable bonds is 8. The van der Waals surface area contributed by atoms with Gasteiger partial charge in [-0.15, -0.1) is 11.3 Å². The van der Waals surface area contributed by atoms with Crippen LogP contribution in [-0.4, -0.2) is 55.0 Å². The van der Waals surface area contributed by atoms with Crippen molar-refractivity contribution in [3.05, 3.63) is 50.9 Å². The second-order valence-electron chi connectivity index (χ2n) is 6.98. The number of carbonyl (C=O) groups is 4. The summed E-state index contributed by atoms with van der Waals surface area (Å²) in [6, 6.07) is 4.19. The maximum atomic E-state index is 14.3. The molecular weight excluding hydrogens is 489 g/mol. The minimum absolute atomic E-state index is 0.0143. The Morgan fingerprint density at radius 2 is 1.91 bits per heavy atom. The van der Waals surface area contributed by atoms with Crippen molar-refractivity contribution >= 4 is 63.8 Å². The van der Waals surface area contributed by atoms with Gasteiger partial charge in [0.15, 0.2) is 5.76 Å². The molecule has 2 aromatic rings. The van der Waals surface area contributed by atoms with Crippen LogP contribution >= 0.6 is 22.9 Å². The summed E-state index contributed by atoms with van der Waals surface area (Å²) < 4.78 is 24.9. The predicted molar refractivity (Wildman–Crippen MR) is 124 cm³/mol. The fourth-order valence-electron chi connectivity index (χ4n) is 3.36. The van der Waals surface area contributed by atoms with Crippen LogP contribution in [0.4, 0.5) is 14.9 Å². The lowest BCUT2D eigenvalue weighted by Gasteiger charge is -2.18. The molecule has 0 aliphatic carbocycles. The molecule has 0 saturated heterocycles. The zero-order valence-corrected chi connectivity index (χ0v) is 19.9. The van der Waals surface area contributed by atoms with Crippen LogP contribution in [0.15, 0.2) is 29.6 Å². The summed E-state index contributed by atoms with van der Waals surface area (Å²) in [4.78, 5) is 52.2. The number of nitrogens with zero attached hydrogens (tertiary/aromatic N) is 2. The lowest BCUT2D eigenvalue weighted by Crippen LogP contribution is -2.38. The quantitative estimate of drug-likeness (QED) is 0.331. The van der Waals surface area contributed by atoms with Crippen molar-refractivity contribution < 1.29 is 33.0 Å². The molecule has 2 N–H and O–H groups in total. The average Bonchev–Trinajstić information content (AvgIpc) is 3.40. The van der Waals surface area contributed by atoms with Gasteiger partial charge < -0.3 is 20.1 Å². The van der Waals surface area contributed by atoms with Gasteiger partial charge in [-0.05, 0) is 37.4 Å². The van der Waals surface area contributed by atoms with Crippen LogP contribution in [-0.2, 0) is 23.9 Å². The highest BCUT2D eigenvalue weighted by atomic mass is 35.5. The number of primary amides is 1. The van der Waals surface area contributed by atoms with Crippen molar-refractivity contribution in [2.75, 3.05) is 31.2 Å². The third-order valence-corrected chi connectivity index (χ3v) is 6.09. The first kappa shape index (κ1) is 25.3. The zero-order chi connectivity index (χ0) is 25.0. The summed E-state index contributed by atoms with van der Waals surface area (Å²) in [6.45, 7) is 3.72. The third-order valence-electron chi connectivity index (χ3n) is 4.94. The molecule has 3 rings (SSSR count). The van der Waals surface area contributed by atoms with Gasteiger partial charge in [0.2, 0.25) is 5.91 Å². The van der Waals surface area contributed by atoms with Crippen LogP contribution in [0.5, 0.6) is 0 Å². The molecule has 0 saturated carbocycles. The Morgan fingerprint density at radius 3 is 2.50 bits per heavy atom. The zero-order valence-electron chi connectivity index (χ0n) is 18.3. The molecule has 0 bridgehead atoms. The number of urea groups is 1. The van der Waals surface area contributed by atoms with Crippen molar-refractivity contribution in [3.63, 3.8) is 0 Å². The highest BCUT2D eigenvalue weighted by molar-refractivity contribution is 7.11. The molecule has 4 amide bonds. The SMILES string of the molecule is CCN(CC)C(=O)COCC(=O)O/C(=C1/C(=O)N(C(N)=O)c2cc(Cl)c(F)cc21)c1cccs1. The Labute approximate surface area is 203 Å². The van der Waals surface area contributed by atoms with Crippen molar-refractivity contribution in [3.8, 4) is 0 Å². The number of carbonyl (C=O) groups excluding carboxylic acids is 4. The standard InChI is InChI=1S/C22H21ClFN3O6S/c1-3-26(4-2)17(28)10-32-11-18(29)33-20(16-6-5-7-34-16)19-12-8-14(24)13(23)9-15(12)27(21(19)30)22(25)31/h5-9H,3-4,10-11H2,1-2H3,(H2,25,31)/b20-19+. The molecule has 0 spiro atoms. The molecule has 0 unspecified atom stereocenters. The van der Waals surface area contributed by atoms with Gasteiger partial charge in [0.25, 0.3) is 5.91 Å². The van der Waals surface area contributed by atoms with Crippen molar-refractivity contribution in [1.29, 1.82) is 0 Å². The van der Waals surface area contributed by atoms with Crippen LogP contribution in [0.25, 0.3) is 11.3 Å². The number of ether oxygens (including phenoxy) is 2. The lowest BCUT2D eigenvalue weighted by molar-refractivity contribution is -0.145. The van der Waals surface area contributed by atoms with Crippen LogP contribution in [0, 0.1) is 5.82 Å². The summed E-state index contributed by atoms with van der Waals surface area (Å²) in [7, 11) is 0. The Balaban J connectivity index is 1.94. The topological polar surface area (TPSA) is 119 Å². The van der Waals surface area contributed by atoms with Gasteiger partial charge in [0.05, 0.1) is 21.2 Å². The molecule has 1 aliphatic rings. The normalized spacial score (nSPS) is 14.1. The molecule has 0 fully saturated rings. The second kappa shape index (κ2) is 10.8. The fourth-order valence-corrected chi connectivity index (χ4v) is 4.23. The molecule has 1 aliphatic heterocycles. The number of hydrogen-bond donors (Lipinski definition) is 1. The molecule has 180 valence electrons. The number of benzene rings is 1. The molecule has 2 heterocycles. The Hall–Kier alpha value is -3.28. The summed E-state index contributed by atoms with van der Waals surface area (Å²) in [6.07, 6.45) is 0. The summed E-state index contributed by atoms with van der Waals surface area (Å²) in [5.41, 5.74) is 5.07. The van der Waals surface area contributed by atoms with E-state index in [0.29, 0.717) is 22.9 Å². The number of nitrogens with two attached hydrogens (primary N) is 1. The molecule has 0 atom stereocenters. The van der Waals surface area contributed by atoms with Gasteiger partial charge in [-0.1, -0.05) is 17.7 Å². The molecule has 0 radical (unpaired) electrons. The van der Waals surface area contributed by atoms with E-state index in [0.717, 1.165) is 23.5 Å². The van der Waals surface area contributed by atoms with E-state index in [4.69, 9.17) is 26.8 Å². The molecule has 1 aromatic heterocycles. The fraction of sp³-hybridized carbons (Fsp3) is 0.273. The Morgan fingerprint density at radius 1 is 1.21 bits per heavy atom. The van der Waals surface area contributed by atoms with Gasteiger partial charge in [-0.25, -0.2) is 18.9 Å². The number of amides is 4. The number of esters is 1. The first-order chi connectivity index (χ1) is 16.2. The molecule has 1 aromatic carbocycles. The van der Waals surface area contributed by atoms with Crippen molar-refractivity contribution in [2.45, 2.75) is 13.8 Å². The number of fused-ring (bicyclic) bond motifs is 1. The Kier molecular flexibility index (Phi) is 8.02. The van der Waals surface area contributed by atoms with E-state index in [1.54, 1.807) is 17.5 Å². The van der Waals surface area contributed by atoms with E-state index in [-0.39, 0.29) is 40.1 Å². The van der Waals surface area contributed by atoms with E-state index in [9.17, 15) is 23.6 Å². The van der Waals surface area contributed by atoms with Gasteiger partial charge in [0, 0.05) is 18.7 Å². The number of hydrogen-bond acceptors (Lipinski definition) is 7. The minimum atomic E-state index is -1.11. The number of halogens is 2. The maximum Gasteiger partial charge on any atom is 0.337 e. The van der Waals surface area contributed by atoms with Crippen LogP contribution in [0.1, 0.15) is 24.3 Å². The number of anilines is 1. The molecule has 12 heteroatoms. The predicted octanol–water partition coefficient (Wildman–Crippen LogP) is 3.26. The summed E-state index contributed by atoms with van der Waals surface area (Å²) >= 11 is 6.98. The van der Waals surface area contributed by atoms with E-state index in [1.165, 1.54) is 4.90 Å². The van der Waals surface area contributed by atoms with E-state index in [2.05, 4.69) is 0 Å². The van der Waals surface area contributed by atoms with Gasteiger partial charge >= 0.3 is 12.0 Å². The summed E-state index contributed by atoms with van der Waals surface area (Å²) in [5.74, 6) is -3.14.